The highest BCUT2D eigenvalue weighted by Gasteiger charge is 2.36. The Hall–Kier alpha value is -2.12. The van der Waals surface area contributed by atoms with E-state index < -0.39 is 41.0 Å². The van der Waals surface area contributed by atoms with Crippen LogP contribution in [0.4, 0.5) is 17.6 Å². The van der Waals surface area contributed by atoms with Crippen LogP contribution in [0.15, 0.2) is 18.2 Å². The van der Waals surface area contributed by atoms with Crippen molar-refractivity contribution in [3.63, 3.8) is 0 Å². The summed E-state index contributed by atoms with van der Waals surface area (Å²) in [4.78, 5) is 23.7. The van der Waals surface area contributed by atoms with Crippen LogP contribution in [0.3, 0.4) is 0 Å². The van der Waals surface area contributed by atoms with Crippen LogP contribution in [-0.4, -0.2) is 24.5 Å². The zero-order valence-electron chi connectivity index (χ0n) is 13.4. The van der Waals surface area contributed by atoms with Gasteiger partial charge in [-0.25, -0.2) is 9.18 Å². The minimum atomic E-state index is -4.89. The molecule has 4 nitrogen and oxygen atoms in total. The third-order valence-corrected chi connectivity index (χ3v) is 3.23. The van der Waals surface area contributed by atoms with E-state index in [1.165, 1.54) is 6.92 Å². The first-order chi connectivity index (χ1) is 11.2. The lowest BCUT2D eigenvalue weighted by Gasteiger charge is -2.16. The second kappa shape index (κ2) is 8.65. The van der Waals surface area contributed by atoms with Crippen molar-refractivity contribution in [1.82, 2.24) is 5.32 Å². The molecule has 1 unspecified atom stereocenters. The SMILES string of the molecule is CCCCCOC(=O)C(C)NC(=O)c1ccc(F)cc1C(F)(F)F. The summed E-state index contributed by atoms with van der Waals surface area (Å²) >= 11 is 0. The molecule has 0 bridgehead atoms. The van der Waals surface area contributed by atoms with Gasteiger partial charge in [0.15, 0.2) is 0 Å². The van der Waals surface area contributed by atoms with Crippen LogP contribution in [0.1, 0.15) is 49.0 Å². The molecular formula is C16H19F4NO3. The first-order valence-corrected chi connectivity index (χ1v) is 7.51. The number of hydrogen-bond acceptors (Lipinski definition) is 3. The lowest BCUT2D eigenvalue weighted by atomic mass is 10.1. The van der Waals surface area contributed by atoms with Crippen LogP contribution < -0.4 is 5.32 Å². The Morgan fingerprint density at radius 1 is 1.25 bits per heavy atom. The molecule has 0 aromatic heterocycles. The summed E-state index contributed by atoms with van der Waals surface area (Å²) in [6.45, 7) is 3.46. The van der Waals surface area contributed by atoms with E-state index in [1.807, 2.05) is 6.92 Å². The highest BCUT2D eigenvalue weighted by molar-refractivity contribution is 5.98. The van der Waals surface area contributed by atoms with Crippen LogP contribution in [0.2, 0.25) is 0 Å². The second-order valence-corrected chi connectivity index (χ2v) is 5.26. The molecule has 134 valence electrons. The van der Waals surface area contributed by atoms with E-state index in [4.69, 9.17) is 4.74 Å². The molecule has 1 aromatic carbocycles. The van der Waals surface area contributed by atoms with Gasteiger partial charge in [-0.3, -0.25) is 4.79 Å². The highest BCUT2D eigenvalue weighted by atomic mass is 19.4. The molecule has 0 spiro atoms. The monoisotopic (exact) mass is 349 g/mol. The van der Waals surface area contributed by atoms with E-state index in [-0.39, 0.29) is 12.7 Å². The number of carbonyl (C=O) groups excluding carboxylic acids is 2. The van der Waals surface area contributed by atoms with Gasteiger partial charge < -0.3 is 10.1 Å². The Morgan fingerprint density at radius 2 is 1.92 bits per heavy atom. The van der Waals surface area contributed by atoms with Crippen molar-refractivity contribution in [1.29, 1.82) is 0 Å². The maximum atomic E-state index is 13.0. The molecule has 1 amide bonds. The van der Waals surface area contributed by atoms with E-state index in [1.54, 1.807) is 0 Å². The summed E-state index contributed by atoms with van der Waals surface area (Å²) in [5.74, 6) is -2.97. The third kappa shape index (κ3) is 5.82. The molecule has 8 heteroatoms. The molecule has 0 saturated heterocycles. The number of alkyl halides is 3. The van der Waals surface area contributed by atoms with Crippen molar-refractivity contribution in [3.05, 3.63) is 35.1 Å². The van der Waals surface area contributed by atoms with Gasteiger partial charge in [0.25, 0.3) is 5.91 Å². The molecule has 1 N–H and O–H groups in total. The number of benzene rings is 1. The number of esters is 1. The summed E-state index contributed by atoms with van der Waals surface area (Å²) in [6.07, 6.45) is -2.41. The van der Waals surface area contributed by atoms with Crippen molar-refractivity contribution in [2.24, 2.45) is 0 Å². The number of hydrogen-bond donors (Lipinski definition) is 1. The van der Waals surface area contributed by atoms with Crippen molar-refractivity contribution < 1.29 is 31.9 Å². The fourth-order valence-electron chi connectivity index (χ4n) is 1.93. The van der Waals surface area contributed by atoms with Gasteiger partial charge in [-0.05, 0) is 31.5 Å². The van der Waals surface area contributed by atoms with Gasteiger partial charge in [-0.1, -0.05) is 19.8 Å². The van der Waals surface area contributed by atoms with Gasteiger partial charge in [-0.15, -0.1) is 0 Å². The van der Waals surface area contributed by atoms with Gasteiger partial charge >= 0.3 is 12.1 Å². The topological polar surface area (TPSA) is 55.4 Å². The first kappa shape index (κ1) is 19.9. The summed E-state index contributed by atoms with van der Waals surface area (Å²) in [6, 6.07) is 0.595. The van der Waals surface area contributed by atoms with Gasteiger partial charge in [0.05, 0.1) is 17.7 Å². The molecule has 0 radical (unpaired) electrons. The molecule has 1 aromatic rings. The molecule has 0 aliphatic heterocycles. The second-order valence-electron chi connectivity index (χ2n) is 5.26. The largest absolute Gasteiger partial charge is 0.464 e. The Bertz CT molecular complexity index is 587. The fourth-order valence-corrected chi connectivity index (χ4v) is 1.93. The van der Waals surface area contributed by atoms with Crippen LogP contribution in [0, 0.1) is 5.82 Å². The molecular weight excluding hydrogens is 330 g/mol. The van der Waals surface area contributed by atoms with Crippen LogP contribution in [0.5, 0.6) is 0 Å². The predicted octanol–water partition coefficient (Wildman–Crippen LogP) is 3.70. The molecule has 0 heterocycles. The van der Waals surface area contributed by atoms with Gasteiger partial charge in [-0.2, -0.15) is 13.2 Å². The minimum Gasteiger partial charge on any atom is -0.464 e. The molecule has 24 heavy (non-hydrogen) atoms. The maximum Gasteiger partial charge on any atom is 0.417 e. The van der Waals surface area contributed by atoms with Gasteiger partial charge in [0, 0.05) is 0 Å². The van der Waals surface area contributed by atoms with Crippen LogP contribution in [0.25, 0.3) is 0 Å². The van der Waals surface area contributed by atoms with E-state index in [9.17, 15) is 27.2 Å². The number of nitrogens with one attached hydrogen (secondary N) is 1. The van der Waals surface area contributed by atoms with E-state index in [0.29, 0.717) is 6.42 Å². The average Bonchev–Trinajstić information content (AvgIpc) is 2.50. The molecule has 1 rings (SSSR count). The number of unbranched alkanes of at least 4 members (excludes halogenated alkanes) is 2. The zero-order chi connectivity index (χ0) is 18.3. The average molecular weight is 349 g/mol. The Labute approximate surface area is 137 Å². The highest BCUT2D eigenvalue weighted by Crippen LogP contribution is 2.32. The minimum absolute atomic E-state index is 0.178. The number of ether oxygens (including phenoxy) is 1. The maximum absolute atomic E-state index is 13.0. The van der Waals surface area contributed by atoms with E-state index in [0.717, 1.165) is 25.0 Å². The van der Waals surface area contributed by atoms with E-state index >= 15 is 0 Å². The first-order valence-electron chi connectivity index (χ1n) is 7.51. The van der Waals surface area contributed by atoms with Crippen molar-refractivity contribution in [2.45, 2.75) is 45.3 Å². The lowest BCUT2D eigenvalue weighted by Crippen LogP contribution is -2.40. The summed E-state index contributed by atoms with van der Waals surface area (Å²) in [5, 5.41) is 2.13. The summed E-state index contributed by atoms with van der Waals surface area (Å²) in [5.41, 5.74) is -2.15. The van der Waals surface area contributed by atoms with E-state index in [2.05, 4.69) is 5.32 Å². The van der Waals surface area contributed by atoms with Crippen molar-refractivity contribution >= 4 is 11.9 Å². The van der Waals surface area contributed by atoms with Crippen molar-refractivity contribution in [2.75, 3.05) is 6.61 Å². The van der Waals surface area contributed by atoms with Crippen LogP contribution in [-0.2, 0) is 15.7 Å². The number of amides is 1. The molecule has 1 atom stereocenters. The molecule has 0 aliphatic carbocycles. The Morgan fingerprint density at radius 3 is 2.50 bits per heavy atom. The number of carbonyl (C=O) groups is 2. The summed E-state index contributed by atoms with van der Waals surface area (Å²) < 4.78 is 56.6. The van der Waals surface area contributed by atoms with Gasteiger partial charge in [0.1, 0.15) is 11.9 Å². The predicted molar refractivity (Wildman–Crippen MR) is 78.8 cm³/mol. The van der Waals surface area contributed by atoms with Gasteiger partial charge in [0.2, 0.25) is 0 Å². The van der Waals surface area contributed by atoms with Crippen LogP contribution >= 0.6 is 0 Å². The lowest BCUT2D eigenvalue weighted by molar-refractivity contribution is -0.145. The van der Waals surface area contributed by atoms with Crippen molar-refractivity contribution in [3.8, 4) is 0 Å². The Kier molecular flexibility index (Phi) is 7.18. The zero-order valence-corrected chi connectivity index (χ0v) is 13.4. The summed E-state index contributed by atoms with van der Waals surface area (Å²) in [7, 11) is 0. The molecule has 0 fully saturated rings. The Balaban J connectivity index is 2.76. The quantitative estimate of drug-likeness (QED) is 0.464. The third-order valence-electron chi connectivity index (χ3n) is 3.23. The number of rotatable bonds is 7. The molecule has 0 aliphatic rings. The smallest absolute Gasteiger partial charge is 0.417 e. The number of halogens is 4. The molecule has 0 saturated carbocycles. The fraction of sp³-hybridized carbons (Fsp3) is 0.500. The standard InChI is InChI=1S/C16H19F4NO3/c1-3-4-5-8-24-15(23)10(2)21-14(22)12-7-6-11(17)9-13(12)16(18,19)20/h6-7,9-10H,3-5,8H2,1-2H3,(H,21,22). The normalized spacial score (nSPS) is 12.6.